The van der Waals surface area contributed by atoms with Crippen LogP contribution in [0.5, 0.6) is 0 Å². The lowest BCUT2D eigenvalue weighted by Crippen LogP contribution is -2.32. The first-order valence-electron chi connectivity index (χ1n) is 8.66. The number of carboxylic acids is 1. The van der Waals surface area contributed by atoms with E-state index < -0.39 is 35.5 Å². The van der Waals surface area contributed by atoms with Gasteiger partial charge in [0.2, 0.25) is 6.79 Å². The molecular weight excluding hydrogens is 384 g/mol. The highest BCUT2D eigenvalue weighted by Gasteiger charge is 2.37. The first kappa shape index (κ1) is 21.6. The van der Waals surface area contributed by atoms with E-state index in [0.717, 1.165) is 0 Å². The number of allylic oxidation sites excluding steroid dienone is 2. The van der Waals surface area contributed by atoms with Crippen LogP contribution in [-0.4, -0.2) is 34.7 Å². The Morgan fingerprint density at radius 2 is 1.83 bits per heavy atom. The molecule has 10 heteroatoms. The SMILES string of the molecule is CCC(=O)OCOC(=O)C1=C(C)NC(C)=C(C(=O)O)C1c1cccc([N+](=O)[O-])c1. The summed E-state index contributed by atoms with van der Waals surface area (Å²) in [6, 6.07) is 5.38. The van der Waals surface area contributed by atoms with E-state index in [1.807, 2.05) is 0 Å². The van der Waals surface area contributed by atoms with Crippen LogP contribution < -0.4 is 5.32 Å². The van der Waals surface area contributed by atoms with Gasteiger partial charge in [-0.15, -0.1) is 0 Å². The normalized spacial score (nSPS) is 16.2. The van der Waals surface area contributed by atoms with Gasteiger partial charge < -0.3 is 19.9 Å². The van der Waals surface area contributed by atoms with E-state index in [9.17, 15) is 29.6 Å². The second-order valence-electron chi connectivity index (χ2n) is 6.21. The van der Waals surface area contributed by atoms with Crippen LogP contribution in [-0.2, 0) is 23.9 Å². The zero-order valence-corrected chi connectivity index (χ0v) is 16.1. The molecule has 154 valence electrons. The molecule has 10 nitrogen and oxygen atoms in total. The van der Waals surface area contributed by atoms with Crippen LogP contribution in [0, 0.1) is 10.1 Å². The maximum atomic E-state index is 12.7. The number of nitrogens with one attached hydrogen (secondary N) is 1. The predicted octanol–water partition coefficient (Wildman–Crippen LogP) is 2.37. The summed E-state index contributed by atoms with van der Waals surface area (Å²) in [5, 5.41) is 23.7. The number of rotatable bonds is 7. The van der Waals surface area contributed by atoms with Gasteiger partial charge in [0.25, 0.3) is 5.69 Å². The molecule has 1 heterocycles. The highest BCUT2D eigenvalue weighted by atomic mass is 16.7. The number of nitro groups is 1. The van der Waals surface area contributed by atoms with Crippen LogP contribution >= 0.6 is 0 Å². The molecule has 1 atom stereocenters. The number of ether oxygens (including phenoxy) is 2. The van der Waals surface area contributed by atoms with E-state index in [2.05, 4.69) is 5.32 Å². The van der Waals surface area contributed by atoms with Crippen molar-refractivity contribution in [3.05, 3.63) is 62.5 Å². The lowest BCUT2D eigenvalue weighted by atomic mass is 9.80. The van der Waals surface area contributed by atoms with E-state index in [-0.39, 0.29) is 28.8 Å². The molecule has 1 aromatic carbocycles. The molecule has 1 unspecified atom stereocenters. The van der Waals surface area contributed by atoms with Gasteiger partial charge in [0.05, 0.1) is 22.0 Å². The minimum absolute atomic E-state index is 0.0407. The van der Waals surface area contributed by atoms with E-state index in [1.54, 1.807) is 13.8 Å². The fourth-order valence-corrected chi connectivity index (χ4v) is 3.03. The van der Waals surface area contributed by atoms with Gasteiger partial charge in [-0.05, 0) is 19.4 Å². The van der Waals surface area contributed by atoms with Gasteiger partial charge in [-0.25, -0.2) is 9.59 Å². The fraction of sp³-hybridized carbons (Fsp3) is 0.316. The van der Waals surface area contributed by atoms with Crippen LogP contribution in [0.4, 0.5) is 5.69 Å². The first-order chi connectivity index (χ1) is 13.7. The Morgan fingerprint density at radius 1 is 1.17 bits per heavy atom. The number of carbonyl (C=O) groups is 3. The number of nitro benzene ring substituents is 1. The Labute approximate surface area is 165 Å². The standard InChI is InChI=1S/C19H20N2O8/c1-4-14(22)28-9-29-19(25)16-11(3)20-10(2)15(18(23)24)17(16)12-6-5-7-13(8-12)21(26)27/h5-8,17,20H,4,9H2,1-3H3,(H,23,24). The Kier molecular flexibility index (Phi) is 6.71. The molecule has 0 radical (unpaired) electrons. The van der Waals surface area contributed by atoms with Gasteiger partial charge in [0, 0.05) is 29.9 Å². The molecule has 0 saturated heterocycles. The van der Waals surface area contributed by atoms with Crippen molar-refractivity contribution in [2.45, 2.75) is 33.1 Å². The average Bonchev–Trinajstić information content (AvgIpc) is 2.66. The summed E-state index contributed by atoms with van der Waals surface area (Å²) >= 11 is 0. The highest BCUT2D eigenvalue weighted by molar-refractivity contribution is 5.99. The summed E-state index contributed by atoms with van der Waals surface area (Å²) in [4.78, 5) is 46.4. The van der Waals surface area contributed by atoms with Crippen molar-refractivity contribution >= 4 is 23.6 Å². The Hall–Kier alpha value is -3.69. The van der Waals surface area contributed by atoms with E-state index in [1.165, 1.54) is 31.2 Å². The van der Waals surface area contributed by atoms with Crippen molar-refractivity contribution in [3.8, 4) is 0 Å². The fourth-order valence-electron chi connectivity index (χ4n) is 3.03. The second kappa shape index (κ2) is 9.00. The van der Waals surface area contributed by atoms with Crippen LogP contribution in [0.25, 0.3) is 0 Å². The van der Waals surface area contributed by atoms with Crippen molar-refractivity contribution in [2.24, 2.45) is 0 Å². The summed E-state index contributed by atoms with van der Waals surface area (Å²) < 4.78 is 9.72. The molecule has 0 bridgehead atoms. The number of carbonyl (C=O) groups excluding carboxylic acids is 2. The molecule has 2 rings (SSSR count). The van der Waals surface area contributed by atoms with Gasteiger partial charge >= 0.3 is 17.9 Å². The summed E-state index contributed by atoms with van der Waals surface area (Å²) in [6.45, 7) is 4.03. The smallest absolute Gasteiger partial charge is 0.339 e. The van der Waals surface area contributed by atoms with Gasteiger partial charge in [-0.1, -0.05) is 19.1 Å². The largest absolute Gasteiger partial charge is 0.478 e. The number of hydrogen-bond acceptors (Lipinski definition) is 8. The zero-order valence-electron chi connectivity index (χ0n) is 16.1. The molecular formula is C19H20N2O8. The maximum Gasteiger partial charge on any atom is 0.339 e. The molecule has 0 spiro atoms. The number of esters is 2. The Balaban J connectivity index is 2.49. The monoisotopic (exact) mass is 404 g/mol. The number of non-ortho nitro benzene ring substituents is 1. The third-order valence-corrected chi connectivity index (χ3v) is 4.32. The molecule has 0 fully saturated rings. The van der Waals surface area contributed by atoms with Crippen molar-refractivity contribution in [3.63, 3.8) is 0 Å². The number of carboxylic acid groups (broad SMARTS) is 1. The minimum Gasteiger partial charge on any atom is -0.478 e. The summed E-state index contributed by atoms with van der Waals surface area (Å²) in [7, 11) is 0. The van der Waals surface area contributed by atoms with Crippen LogP contribution in [0.1, 0.15) is 38.7 Å². The number of hydrogen-bond donors (Lipinski definition) is 2. The molecule has 29 heavy (non-hydrogen) atoms. The van der Waals surface area contributed by atoms with Gasteiger partial charge in [-0.3, -0.25) is 14.9 Å². The Morgan fingerprint density at radius 3 is 2.41 bits per heavy atom. The van der Waals surface area contributed by atoms with Crippen molar-refractivity contribution < 1.29 is 33.9 Å². The second-order valence-corrected chi connectivity index (χ2v) is 6.21. The number of nitrogens with zero attached hydrogens (tertiary/aromatic N) is 1. The third-order valence-electron chi connectivity index (χ3n) is 4.32. The van der Waals surface area contributed by atoms with Gasteiger partial charge in [-0.2, -0.15) is 0 Å². The topological polar surface area (TPSA) is 145 Å². The van der Waals surface area contributed by atoms with Crippen LogP contribution in [0.15, 0.2) is 46.8 Å². The lowest BCUT2D eigenvalue weighted by molar-refractivity contribution is -0.384. The van der Waals surface area contributed by atoms with Gasteiger partial charge in [0.1, 0.15) is 0 Å². The lowest BCUT2D eigenvalue weighted by Gasteiger charge is -2.29. The molecule has 1 aliphatic heterocycles. The quantitative estimate of drug-likeness (QED) is 0.303. The molecule has 2 N–H and O–H groups in total. The number of aliphatic carboxylic acids is 1. The molecule has 0 saturated carbocycles. The van der Waals surface area contributed by atoms with E-state index in [0.29, 0.717) is 11.4 Å². The summed E-state index contributed by atoms with van der Waals surface area (Å²) in [5.41, 5.74) is 0.436. The van der Waals surface area contributed by atoms with Crippen LogP contribution in [0.2, 0.25) is 0 Å². The maximum absolute atomic E-state index is 12.7. The third kappa shape index (κ3) is 4.78. The predicted molar refractivity (Wildman–Crippen MR) is 99.4 cm³/mol. The Bertz CT molecular complexity index is 932. The molecule has 0 aliphatic carbocycles. The molecule has 1 aromatic rings. The van der Waals surface area contributed by atoms with Crippen molar-refractivity contribution in [1.29, 1.82) is 0 Å². The van der Waals surface area contributed by atoms with Crippen LogP contribution in [0.3, 0.4) is 0 Å². The highest BCUT2D eigenvalue weighted by Crippen LogP contribution is 2.39. The van der Waals surface area contributed by atoms with Crippen molar-refractivity contribution in [1.82, 2.24) is 5.32 Å². The molecule has 0 aromatic heterocycles. The summed E-state index contributed by atoms with van der Waals surface area (Å²) in [5.74, 6) is -3.87. The first-order valence-corrected chi connectivity index (χ1v) is 8.66. The minimum atomic E-state index is -1.29. The van der Waals surface area contributed by atoms with Crippen molar-refractivity contribution in [2.75, 3.05) is 6.79 Å². The van der Waals surface area contributed by atoms with Gasteiger partial charge in [0.15, 0.2) is 0 Å². The zero-order chi connectivity index (χ0) is 21.7. The van der Waals surface area contributed by atoms with E-state index >= 15 is 0 Å². The van der Waals surface area contributed by atoms with E-state index in [4.69, 9.17) is 9.47 Å². The molecule has 0 amide bonds. The average molecular weight is 404 g/mol. The number of dihydropyridines is 1. The summed E-state index contributed by atoms with van der Waals surface area (Å²) in [6.07, 6.45) is 0.0994. The number of benzene rings is 1. The molecule has 1 aliphatic rings.